The first-order chi connectivity index (χ1) is 7.52. The van der Waals surface area contributed by atoms with Gasteiger partial charge in [0.2, 0.25) is 5.91 Å². The van der Waals surface area contributed by atoms with E-state index in [1.165, 1.54) is 0 Å². The highest BCUT2D eigenvalue weighted by atomic mass is 16.2. The molecule has 2 atom stereocenters. The van der Waals surface area contributed by atoms with Crippen LogP contribution in [0.4, 0.5) is 0 Å². The Labute approximate surface area is 96.3 Å². The molecule has 4 nitrogen and oxygen atoms in total. The third-order valence-corrected chi connectivity index (χ3v) is 2.51. The van der Waals surface area contributed by atoms with E-state index in [4.69, 9.17) is 5.73 Å². The van der Waals surface area contributed by atoms with Gasteiger partial charge in [0.1, 0.15) is 0 Å². The number of nitrogens with zero attached hydrogens (tertiary/aromatic N) is 1. The van der Waals surface area contributed by atoms with Crippen LogP contribution in [0.1, 0.15) is 32.5 Å². The smallest absolute Gasteiger partial charge is 0.237 e. The Morgan fingerprint density at radius 3 is 2.56 bits per heavy atom. The Morgan fingerprint density at radius 2 is 2.06 bits per heavy atom. The van der Waals surface area contributed by atoms with Crippen molar-refractivity contribution in [3.05, 3.63) is 30.1 Å². The molecule has 0 saturated carbocycles. The summed E-state index contributed by atoms with van der Waals surface area (Å²) in [6, 6.07) is 5.04. The van der Waals surface area contributed by atoms with Crippen molar-refractivity contribution in [2.75, 3.05) is 0 Å². The van der Waals surface area contributed by atoms with Gasteiger partial charge in [-0.05, 0) is 25.0 Å². The second-order valence-corrected chi connectivity index (χ2v) is 4.25. The lowest BCUT2D eigenvalue weighted by atomic mass is 10.0. The fourth-order valence-corrected chi connectivity index (χ4v) is 1.32. The van der Waals surface area contributed by atoms with Crippen LogP contribution in [0.5, 0.6) is 0 Å². The van der Waals surface area contributed by atoms with Crippen molar-refractivity contribution in [1.29, 1.82) is 0 Å². The van der Waals surface area contributed by atoms with Crippen LogP contribution in [0, 0.1) is 5.92 Å². The van der Waals surface area contributed by atoms with E-state index in [-0.39, 0.29) is 17.9 Å². The lowest BCUT2D eigenvalue weighted by Gasteiger charge is -2.19. The molecule has 4 heteroatoms. The van der Waals surface area contributed by atoms with Gasteiger partial charge >= 0.3 is 0 Å². The van der Waals surface area contributed by atoms with Crippen molar-refractivity contribution in [2.24, 2.45) is 11.7 Å². The first-order valence-electron chi connectivity index (χ1n) is 5.49. The van der Waals surface area contributed by atoms with Gasteiger partial charge in [0, 0.05) is 6.20 Å². The summed E-state index contributed by atoms with van der Waals surface area (Å²) in [5, 5.41) is 2.85. The lowest BCUT2D eigenvalue weighted by molar-refractivity contribution is -0.123. The molecule has 1 rings (SSSR count). The zero-order valence-electron chi connectivity index (χ0n) is 9.97. The molecule has 0 saturated heterocycles. The molecule has 0 radical (unpaired) electrons. The lowest BCUT2D eigenvalue weighted by Crippen LogP contribution is -2.44. The van der Waals surface area contributed by atoms with Crippen molar-refractivity contribution < 1.29 is 4.79 Å². The van der Waals surface area contributed by atoms with Gasteiger partial charge in [0.15, 0.2) is 0 Å². The highest BCUT2D eigenvalue weighted by Gasteiger charge is 2.19. The predicted octanol–water partition coefficient (Wildman–Crippen LogP) is 1.24. The SMILES string of the molecule is CC(C)[C@@H](N)C(=O)N[C@@H](C)c1ccccn1. The Hall–Kier alpha value is -1.42. The number of nitrogens with one attached hydrogen (secondary N) is 1. The van der Waals surface area contributed by atoms with E-state index >= 15 is 0 Å². The monoisotopic (exact) mass is 221 g/mol. The van der Waals surface area contributed by atoms with E-state index < -0.39 is 6.04 Å². The van der Waals surface area contributed by atoms with Gasteiger partial charge in [-0.15, -0.1) is 0 Å². The Balaban J connectivity index is 2.58. The van der Waals surface area contributed by atoms with Crippen LogP contribution in [0.3, 0.4) is 0 Å². The van der Waals surface area contributed by atoms with Crippen LogP contribution in [0.25, 0.3) is 0 Å². The maximum absolute atomic E-state index is 11.7. The standard InChI is InChI=1S/C12H19N3O/c1-8(2)11(13)12(16)15-9(3)10-6-4-5-7-14-10/h4-9,11H,13H2,1-3H3,(H,15,16)/t9-,11+/m0/s1. The summed E-state index contributed by atoms with van der Waals surface area (Å²) in [5.74, 6) is 0.00378. The second-order valence-electron chi connectivity index (χ2n) is 4.25. The number of carbonyl (C=O) groups is 1. The van der Waals surface area contributed by atoms with Crippen LogP contribution in [-0.2, 0) is 4.79 Å². The highest BCUT2D eigenvalue weighted by molar-refractivity contribution is 5.82. The van der Waals surface area contributed by atoms with Crippen molar-refractivity contribution >= 4 is 5.91 Å². The molecule has 0 unspecified atom stereocenters. The fraction of sp³-hybridized carbons (Fsp3) is 0.500. The number of aromatic nitrogens is 1. The molecule has 16 heavy (non-hydrogen) atoms. The minimum Gasteiger partial charge on any atom is -0.347 e. The number of hydrogen-bond donors (Lipinski definition) is 2. The van der Waals surface area contributed by atoms with Crippen molar-refractivity contribution in [3.63, 3.8) is 0 Å². The summed E-state index contributed by atoms with van der Waals surface area (Å²) >= 11 is 0. The zero-order chi connectivity index (χ0) is 12.1. The van der Waals surface area contributed by atoms with E-state index in [2.05, 4.69) is 10.3 Å². The summed E-state index contributed by atoms with van der Waals surface area (Å²) in [6.07, 6.45) is 1.71. The minimum absolute atomic E-state index is 0.113. The fourth-order valence-electron chi connectivity index (χ4n) is 1.32. The number of rotatable bonds is 4. The van der Waals surface area contributed by atoms with Gasteiger partial charge < -0.3 is 11.1 Å². The van der Waals surface area contributed by atoms with Crippen LogP contribution in [0.2, 0.25) is 0 Å². The Bertz CT molecular complexity index is 337. The van der Waals surface area contributed by atoms with Gasteiger partial charge in [0.05, 0.1) is 17.8 Å². The zero-order valence-corrected chi connectivity index (χ0v) is 9.97. The number of pyridine rings is 1. The first-order valence-corrected chi connectivity index (χ1v) is 5.49. The van der Waals surface area contributed by atoms with Crippen molar-refractivity contribution in [1.82, 2.24) is 10.3 Å². The van der Waals surface area contributed by atoms with E-state index in [1.54, 1.807) is 6.20 Å². The Kier molecular flexibility index (Phi) is 4.43. The number of nitrogens with two attached hydrogens (primary N) is 1. The second kappa shape index (κ2) is 5.61. The quantitative estimate of drug-likeness (QED) is 0.803. The molecule has 0 spiro atoms. The minimum atomic E-state index is -0.467. The van der Waals surface area contributed by atoms with Gasteiger partial charge in [-0.2, -0.15) is 0 Å². The summed E-state index contributed by atoms with van der Waals surface area (Å²) < 4.78 is 0. The molecule has 1 aromatic rings. The van der Waals surface area contributed by atoms with Crippen molar-refractivity contribution in [3.8, 4) is 0 Å². The molecular weight excluding hydrogens is 202 g/mol. The largest absolute Gasteiger partial charge is 0.347 e. The van der Waals surface area contributed by atoms with Crippen molar-refractivity contribution in [2.45, 2.75) is 32.9 Å². The normalized spacial score (nSPS) is 14.6. The molecule has 0 aliphatic carbocycles. The van der Waals surface area contributed by atoms with Crippen LogP contribution in [0.15, 0.2) is 24.4 Å². The third kappa shape index (κ3) is 3.31. The molecule has 0 bridgehead atoms. The summed E-state index contributed by atoms with van der Waals surface area (Å²) in [6.45, 7) is 5.75. The first kappa shape index (κ1) is 12.6. The average Bonchev–Trinajstić information content (AvgIpc) is 2.28. The molecule has 0 aliphatic rings. The number of carbonyl (C=O) groups excluding carboxylic acids is 1. The highest BCUT2D eigenvalue weighted by Crippen LogP contribution is 2.09. The van der Waals surface area contributed by atoms with Gasteiger partial charge in [-0.1, -0.05) is 19.9 Å². The van der Waals surface area contributed by atoms with Gasteiger partial charge in [-0.25, -0.2) is 0 Å². The molecule has 0 aromatic carbocycles. The molecule has 1 amide bonds. The molecule has 0 aliphatic heterocycles. The number of amides is 1. The van der Waals surface area contributed by atoms with E-state index in [9.17, 15) is 4.79 Å². The molecular formula is C12H19N3O. The van der Waals surface area contributed by atoms with Gasteiger partial charge in [-0.3, -0.25) is 9.78 Å². The van der Waals surface area contributed by atoms with Crippen LogP contribution >= 0.6 is 0 Å². The molecule has 1 aromatic heterocycles. The van der Waals surface area contributed by atoms with Gasteiger partial charge in [0.25, 0.3) is 0 Å². The molecule has 0 fully saturated rings. The van der Waals surface area contributed by atoms with E-state index in [0.717, 1.165) is 5.69 Å². The number of hydrogen-bond acceptors (Lipinski definition) is 3. The summed E-state index contributed by atoms with van der Waals surface area (Å²) in [4.78, 5) is 15.9. The topological polar surface area (TPSA) is 68.0 Å². The maximum atomic E-state index is 11.7. The summed E-state index contributed by atoms with van der Waals surface area (Å²) in [7, 11) is 0. The predicted molar refractivity (Wildman–Crippen MR) is 63.6 cm³/mol. The Morgan fingerprint density at radius 1 is 1.38 bits per heavy atom. The van der Waals surface area contributed by atoms with E-state index in [0.29, 0.717) is 0 Å². The van der Waals surface area contributed by atoms with E-state index in [1.807, 2.05) is 39.0 Å². The molecule has 1 heterocycles. The summed E-state index contributed by atoms with van der Waals surface area (Å²) in [5.41, 5.74) is 6.59. The molecule has 3 N–H and O–H groups in total. The molecule has 88 valence electrons. The maximum Gasteiger partial charge on any atom is 0.237 e. The third-order valence-electron chi connectivity index (χ3n) is 2.51. The van der Waals surface area contributed by atoms with Crippen LogP contribution < -0.4 is 11.1 Å². The van der Waals surface area contributed by atoms with Crippen LogP contribution in [-0.4, -0.2) is 16.9 Å². The average molecular weight is 221 g/mol.